The summed E-state index contributed by atoms with van der Waals surface area (Å²) in [6.07, 6.45) is 4.87. The summed E-state index contributed by atoms with van der Waals surface area (Å²) in [4.78, 5) is 0. The molecule has 0 saturated carbocycles. The third-order valence-electron chi connectivity index (χ3n) is 6.78. The van der Waals surface area contributed by atoms with Gasteiger partial charge in [-0.2, -0.15) is 0 Å². The molecule has 4 aromatic rings. The highest BCUT2D eigenvalue weighted by Crippen LogP contribution is 2.55. The lowest BCUT2D eigenvalue weighted by atomic mass is 9.69. The van der Waals surface area contributed by atoms with Crippen LogP contribution in [0.15, 0.2) is 104 Å². The van der Waals surface area contributed by atoms with Crippen molar-refractivity contribution in [3.8, 4) is 16.9 Å². The monoisotopic (exact) mass is 431 g/mol. The normalized spacial score (nSPS) is 16.1. The Kier molecular flexibility index (Phi) is 5.75. The molecule has 2 nitrogen and oxygen atoms in total. The van der Waals surface area contributed by atoms with E-state index in [0.717, 1.165) is 36.3 Å². The smallest absolute Gasteiger partial charge is 0.119 e. The highest BCUT2D eigenvalue weighted by molar-refractivity contribution is 5.84. The van der Waals surface area contributed by atoms with Crippen LogP contribution >= 0.6 is 0 Å². The van der Waals surface area contributed by atoms with Crippen LogP contribution in [0.1, 0.15) is 41.5 Å². The summed E-state index contributed by atoms with van der Waals surface area (Å²) < 4.78 is 6.01. The van der Waals surface area contributed by atoms with Crippen molar-refractivity contribution in [1.82, 2.24) is 0 Å². The number of rotatable bonds is 8. The van der Waals surface area contributed by atoms with E-state index < -0.39 is 0 Å². The number of hydrogen-bond acceptors (Lipinski definition) is 2. The minimum absolute atomic E-state index is 0.200. The van der Waals surface area contributed by atoms with Crippen LogP contribution in [-0.4, -0.2) is 6.61 Å². The fraction of sp³-hybridized carbons (Fsp3) is 0.161. The molecule has 0 heterocycles. The molecule has 4 aromatic carbocycles. The number of fused-ring (bicyclic) bond motifs is 3. The first-order valence-electron chi connectivity index (χ1n) is 11.6. The summed E-state index contributed by atoms with van der Waals surface area (Å²) in [5.74, 6) is 0.905. The minimum Gasteiger partial charge on any atom is -0.494 e. The molecule has 33 heavy (non-hydrogen) atoms. The van der Waals surface area contributed by atoms with Gasteiger partial charge in [-0.05, 0) is 76.9 Å². The predicted molar refractivity (Wildman–Crippen MR) is 138 cm³/mol. The second kappa shape index (κ2) is 8.99. The van der Waals surface area contributed by atoms with Crippen molar-refractivity contribution < 1.29 is 4.74 Å². The van der Waals surface area contributed by atoms with E-state index in [9.17, 15) is 0 Å². The molecule has 2 heteroatoms. The molecule has 0 spiro atoms. The summed E-state index contributed by atoms with van der Waals surface area (Å²) in [6.45, 7) is 4.50. The Morgan fingerprint density at radius 2 is 1.48 bits per heavy atom. The molecule has 5 rings (SSSR count). The third kappa shape index (κ3) is 3.82. The lowest BCUT2D eigenvalue weighted by Crippen LogP contribution is -2.27. The van der Waals surface area contributed by atoms with Crippen LogP contribution in [0.3, 0.4) is 0 Å². The number of ether oxygens (including phenoxy) is 1. The fourth-order valence-corrected chi connectivity index (χ4v) is 5.21. The van der Waals surface area contributed by atoms with Gasteiger partial charge in [0.2, 0.25) is 0 Å². The van der Waals surface area contributed by atoms with Gasteiger partial charge < -0.3 is 10.5 Å². The van der Waals surface area contributed by atoms with Gasteiger partial charge in [-0.25, -0.2) is 0 Å². The molecule has 1 atom stereocenters. The average Bonchev–Trinajstić information content (AvgIpc) is 3.14. The Balaban J connectivity index is 1.43. The second-order valence-electron chi connectivity index (χ2n) is 8.70. The van der Waals surface area contributed by atoms with E-state index in [1.54, 1.807) is 0 Å². The number of hydrogen-bond donors (Lipinski definition) is 1. The van der Waals surface area contributed by atoms with E-state index in [1.807, 2.05) is 36.4 Å². The van der Waals surface area contributed by atoms with Crippen molar-refractivity contribution in [3.05, 3.63) is 126 Å². The van der Waals surface area contributed by atoms with E-state index in [2.05, 4.69) is 73.3 Å². The summed E-state index contributed by atoms with van der Waals surface area (Å²) in [5, 5.41) is 0. The number of nitrogen functional groups attached to an aromatic ring is 1. The van der Waals surface area contributed by atoms with Gasteiger partial charge >= 0.3 is 0 Å². The zero-order valence-corrected chi connectivity index (χ0v) is 18.8. The number of anilines is 1. The lowest BCUT2D eigenvalue weighted by molar-refractivity contribution is 0.301. The lowest BCUT2D eigenvalue weighted by Gasteiger charge is -2.33. The van der Waals surface area contributed by atoms with E-state index in [4.69, 9.17) is 10.5 Å². The van der Waals surface area contributed by atoms with E-state index in [0.29, 0.717) is 6.61 Å². The zero-order chi connectivity index (χ0) is 22.7. The Morgan fingerprint density at radius 3 is 2.27 bits per heavy atom. The first-order chi connectivity index (χ1) is 16.2. The molecule has 1 aliphatic carbocycles. The molecule has 0 aromatic heterocycles. The second-order valence-corrected chi connectivity index (χ2v) is 8.70. The third-order valence-corrected chi connectivity index (χ3v) is 6.78. The van der Waals surface area contributed by atoms with Gasteiger partial charge in [-0.15, -0.1) is 0 Å². The van der Waals surface area contributed by atoms with Crippen molar-refractivity contribution in [2.45, 2.75) is 24.7 Å². The topological polar surface area (TPSA) is 35.2 Å². The highest BCUT2D eigenvalue weighted by Gasteiger charge is 2.43. The maximum absolute atomic E-state index is 6.30. The summed E-state index contributed by atoms with van der Waals surface area (Å²) in [7, 11) is 0. The SMILES string of the molecule is C=Cc1ccc(OCCCCC2(c3ccccc3)c3ccccc3-c3ccc(N)cc32)cc1. The van der Waals surface area contributed by atoms with Crippen LogP contribution in [0.25, 0.3) is 17.2 Å². The van der Waals surface area contributed by atoms with Crippen molar-refractivity contribution in [1.29, 1.82) is 0 Å². The van der Waals surface area contributed by atoms with Gasteiger partial charge in [0.1, 0.15) is 5.75 Å². The van der Waals surface area contributed by atoms with Gasteiger partial charge in [0.15, 0.2) is 0 Å². The van der Waals surface area contributed by atoms with Crippen LogP contribution in [-0.2, 0) is 5.41 Å². The van der Waals surface area contributed by atoms with Crippen LogP contribution in [0.2, 0.25) is 0 Å². The van der Waals surface area contributed by atoms with Crippen molar-refractivity contribution >= 4 is 11.8 Å². The Bertz CT molecular complexity index is 1260. The van der Waals surface area contributed by atoms with Crippen LogP contribution < -0.4 is 10.5 Å². The first-order valence-corrected chi connectivity index (χ1v) is 11.6. The zero-order valence-electron chi connectivity index (χ0n) is 18.8. The van der Waals surface area contributed by atoms with Crippen molar-refractivity contribution in [3.63, 3.8) is 0 Å². The van der Waals surface area contributed by atoms with Gasteiger partial charge in [-0.3, -0.25) is 0 Å². The Morgan fingerprint density at radius 1 is 0.758 bits per heavy atom. The number of benzene rings is 4. The molecule has 0 amide bonds. The van der Waals surface area contributed by atoms with Crippen LogP contribution in [0, 0.1) is 0 Å². The minimum atomic E-state index is -0.200. The van der Waals surface area contributed by atoms with Crippen LogP contribution in [0.5, 0.6) is 5.75 Å². The molecule has 1 aliphatic rings. The predicted octanol–water partition coefficient (Wildman–Crippen LogP) is 7.48. The molecule has 0 bridgehead atoms. The first kappa shape index (κ1) is 21.1. The number of unbranched alkanes of at least 4 members (excludes halogenated alkanes) is 1. The molecule has 2 N–H and O–H groups in total. The maximum Gasteiger partial charge on any atom is 0.119 e. The highest BCUT2D eigenvalue weighted by atomic mass is 16.5. The molecule has 0 aliphatic heterocycles. The van der Waals surface area contributed by atoms with E-state index in [-0.39, 0.29) is 5.41 Å². The van der Waals surface area contributed by atoms with Gasteiger partial charge in [0, 0.05) is 11.1 Å². The Hall–Kier alpha value is -3.78. The quantitative estimate of drug-likeness (QED) is 0.232. The summed E-state index contributed by atoms with van der Waals surface area (Å²) >= 11 is 0. The molecular formula is C31H29NO. The molecule has 164 valence electrons. The molecule has 0 radical (unpaired) electrons. The average molecular weight is 432 g/mol. The fourth-order valence-electron chi connectivity index (χ4n) is 5.21. The van der Waals surface area contributed by atoms with Gasteiger partial charge in [-0.1, -0.05) is 85.5 Å². The van der Waals surface area contributed by atoms with Gasteiger partial charge in [0.05, 0.1) is 6.61 Å². The largest absolute Gasteiger partial charge is 0.494 e. The number of nitrogens with two attached hydrogens (primary N) is 1. The van der Waals surface area contributed by atoms with E-state index in [1.165, 1.54) is 27.8 Å². The van der Waals surface area contributed by atoms with Gasteiger partial charge in [0.25, 0.3) is 0 Å². The maximum atomic E-state index is 6.30. The summed E-state index contributed by atoms with van der Waals surface area (Å²) in [5.41, 5.74) is 14.6. The Labute approximate surface area is 196 Å². The van der Waals surface area contributed by atoms with E-state index >= 15 is 0 Å². The summed E-state index contributed by atoms with van der Waals surface area (Å²) in [6, 6.07) is 34.2. The molecule has 1 unspecified atom stereocenters. The standard InChI is InChI=1S/C31H29NO/c1-2-23-14-17-26(18-15-23)33-21-9-8-20-31(24-10-4-3-5-11-24)29-13-7-6-12-27(29)28-19-16-25(32)22-30(28)31/h2-7,10-19,22H,1,8-9,20-21,32H2. The molecular weight excluding hydrogens is 402 g/mol. The van der Waals surface area contributed by atoms with Crippen LogP contribution in [0.4, 0.5) is 5.69 Å². The molecule has 0 saturated heterocycles. The molecule has 0 fully saturated rings. The van der Waals surface area contributed by atoms with Crippen molar-refractivity contribution in [2.75, 3.05) is 12.3 Å². The van der Waals surface area contributed by atoms with Crippen molar-refractivity contribution in [2.24, 2.45) is 0 Å².